The summed E-state index contributed by atoms with van der Waals surface area (Å²) >= 11 is 0. The molecule has 0 bridgehead atoms. The maximum Gasteiger partial charge on any atom is 0.318 e. The van der Waals surface area contributed by atoms with Crippen LogP contribution in [0.2, 0.25) is 0 Å². The molecular formula is C35H43N9O2. The first-order valence-corrected chi connectivity index (χ1v) is 16.9. The number of ether oxygens (including phenoxy) is 1. The molecular weight excluding hydrogens is 578 g/mol. The van der Waals surface area contributed by atoms with Crippen LogP contribution < -0.4 is 14.5 Å². The van der Waals surface area contributed by atoms with E-state index in [-0.39, 0.29) is 11.4 Å². The zero-order valence-electron chi connectivity index (χ0n) is 27.2. The first-order chi connectivity index (χ1) is 22.4. The number of likely N-dealkylation sites (N-methyl/N-ethyl adjacent to an activating group) is 1. The van der Waals surface area contributed by atoms with Crippen molar-refractivity contribution >= 4 is 28.2 Å². The van der Waals surface area contributed by atoms with Gasteiger partial charge in [-0.15, -0.1) is 10.2 Å². The van der Waals surface area contributed by atoms with E-state index < -0.39 is 0 Å². The monoisotopic (exact) mass is 621 g/mol. The molecule has 0 spiro atoms. The van der Waals surface area contributed by atoms with Gasteiger partial charge < -0.3 is 24.0 Å². The summed E-state index contributed by atoms with van der Waals surface area (Å²) < 4.78 is 8.51. The van der Waals surface area contributed by atoms with E-state index in [0.717, 1.165) is 55.4 Å². The van der Waals surface area contributed by atoms with Gasteiger partial charge in [-0.05, 0) is 68.6 Å². The first kappa shape index (κ1) is 29.2. The quantitative estimate of drug-likeness (QED) is 0.289. The van der Waals surface area contributed by atoms with E-state index in [1.54, 1.807) is 4.90 Å². The smallest absolute Gasteiger partial charge is 0.318 e. The molecule has 6 heterocycles. The van der Waals surface area contributed by atoms with Gasteiger partial charge >= 0.3 is 6.01 Å². The Bertz CT molecular complexity index is 1790. The Labute approximate surface area is 270 Å². The van der Waals surface area contributed by atoms with E-state index >= 15 is 0 Å². The van der Waals surface area contributed by atoms with Crippen LogP contribution in [-0.2, 0) is 32.5 Å². The predicted octanol–water partition coefficient (Wildman–Crippen LogP) is 4.08. The summed E-state index contributed by atoms with van der Waals surface area (Å²) in [4.78, 5) is 31.8. The Morgan fingerprint density at radius 3 is 2.59 bits per heavy atom. The third kappa shape index (κ3) is 4.87. The molecule has 4 aliphatic heterocycles. The van der Waals surface area contributed by atoms with Gasteiger partial charge in [0.2, 0.25) is 5.82 Å². The number of carbonyl (C=O) groups is 1. The molecule has 2 aromatic heterocycles. The van der Waals surface area contributed by atoms with E-state index in [0.29, 0.717) is 44.6 Å². The Morgan fingerprint density at radius 1 is 0.978 bits per heavy atom. The lowest BCUT2D eigenvalue weighted by atomic mass is 9.95. The van der Waals surface area contributed by atoms with Gasteiger partial charge in [0, 0.05) is 50.4 Å². The summed E-state index contributed by atoms with van der Waals surface area (Å²) in [5, 5.41) is 11.3. The summed E-state index contributed by atoms with van der Waals surface area (Å²) in [5.74, 6) is 1.95. The van der Waals surface area contributed by atoms with Crippen molar-refractivity contribution in [2.75, 3.05) is 56.7 Å². The van der Waals surface area contributed by atoms with Gasteiger partial charge in [-0.2, -0.15) is 9.97 Å². The van der Waals surface area contributed by atoms with Crippen molar-refractivity contribution in [3.05, 3.63) is 64.9 Å². The van der Waals surface area contributed by atoms with Crippen LogP contribution in [0.25, 0.3) is 10.8 Å². The van der Waals surface area contributed by atoms with Crippen molar-refractivity contribution in [1.29, 1.82) is 0 Å². The van der Waals surface area contributed by atoms with Crippen LogP contribution in [0, 0.1) is 0 Å². The zero-order valence-corrected chi connectivity index (χ0v) is 27.2. The van der Waals surface area contributed by atoms with Crippen molar-refractivity contribution in [3.63, 3.8) is 0 Å². The molecule has 0 unspecified atom stereocenters. The Balaban J connectivity index is 1.14. The van der Waals surface area contributed by atoms with E-state index in [1.807, 2.05) is 18.7 Å². The van der Waals surface area contributed by atoms with Gasteiger partial charge in [0.1, 0.15) is 12.4 Å². The Kier molecular flexibility index (Phi) is 7.31. The molecule has 4 aliphatic rings. The molecule has 2 fully saturated rings. The van der Waals surface area contributed by atoms with Gasteiger partial charge in [-0.1, -0.05) is 37.3 Å². The lowest BCUT2D eigenvalue weighted by Crippen LogP contribution is -2.43. The largest absolute Gasteiger partial charge is 0.461 e. The Morgan fingerprint density at radius 2 is 1.78 bits per heavy atom. The number of aryl methyl sites for hydroxylation is 1. The van der Waals surface area contributed by atoms with Gasteiger partial charge in [0.05, 0.1) is 24.3 Å². The van der Waals surface area contributed by atoms with Crippen molar-refractivity contribution in [1.82, 2.24) is 34.5 Å². The van der Waals surface area contributed by atoms with Crippen molar-refractivity contribution in [2.24, 2.45) is 0 Å². The number of anilines is 2. The highest BCUT2D eigenvalue weighted by atomic mass is 16.5. The van der Waals surface area contributed by atoms with Crippen LogP contribution >= 0.6 is 0 Å². The van der Waals surface area contributed by atoms with Crippen LogP contribution in [0.3, 0.4) is 0 Å². The molecule has 0 N–H and O–H groups in total. The Hall–Kier alpha value is -4.25. The highest BCUT2D eigenvalue weighted by Gasteiger charge is 2.45. The van der Waals surface area contributed by atoms with Crippen LogP contribution in [0.15, 0.2) is 36.4 Å². The van der Waals surface area contributed by atoms with E-state index in [9.17, 15) is 4.79 Å². The maximum absolute atomic E-state index is 12.7. The minimum atomic E-state index is -0.0882. The molecule has 0 saturated carbocycles. The lowest BCUT2D eigenvalue weighted by molar-refractivity contribution is 0.0740. The minimum Gasteiger partial charge on any atom is -0.461 e. The average Bonchev–Trinajstić information content (AvgIpc) is 3.79. The minimum absolute atomic E-state index is 0.0882. The molecule has 240 valence electrons. The molecule has 0 radical (unpaired) electrons. The van der Waals surface area contributed by atoms with E-state index in [4.69, 9.17) is 14.7 Å². The standard InChI is InChI=1S/C35H43N9O2/c1-4-24-9-5-10-25-11-6-12-28(30(24)25)42-18-13-26-27(21-42)36-34(46-23-35-14-7-16-43(35)17-8-15-35)37-31(26)41(3)22-29-38-39-32-33(45)40(2)19-20-44(29)32/h5-6,9-12H,4,7-8,13-23H2,1-3H3. The van der Waals surface area contributed by atoms with Gasteiger partial charge in [0.25, 0.3) is 5.91 Å². The summed E-state index contributed by atoms with van der Waals surface area (Å²) in [6.07, 6.45) is 6.60. The number of rotatable bonds is 8. The van der Waals surface area contributed by atoms with E-state index in [1.165, 1.54) is 47.7 Å². The highest BCUT2D eigenvalue weighted by Crippen LogP contribution is 2.40. The summed E-state index contributed by atoms with van der Waals surface area (Å²) in [7, 11) is 3.85. The van der Waals surface area contributed by atoms with E-state index in [2.05, 4.69) is 68.2 Å². The van der Waals surface area contributed by atoms with Crippen molar-refractivity contribution in [3.8, 4) is 6.01 Å². The number of nitrogens with zero attached hydrogens (tertiary/aromatic N) is 9. The fraction of sp³-hybridized carbons (Fsp3) is 0.514. The second-order valence-electron chi connectivity index (χ2n) is 13.5. The normalized spacial score (nSPS) is 19.0. The number of fused-ring (bicyclic) bond motifs is 4. The predicted molar refractivity (Wildman–Crippen MR) is 177 cm³/mol. The highest BCUT2D eigenvalue weighted by molar-refractivity contribution is 5.97. The van der Waals surface area contributed by atoms with Crippen LogP contribution in [0.1, 0.15) is 65.9 Å². The molecule has 2 saturated heterocycles. The molecule has 4 aromatic rings. The van der Waals surface area contributed by atoms with Gasteiger partial charge in [-0.25, -0.2) is 0 Å². The molecule has 46 heavy (non-hydrogen) atoms. The molecule has 11 heteroatoms. The third-order valence-corrected chi connectivity index (χ3v) is 10.8. The number of benzene rings is 2. The number of aromatic nitrogens is 5. The fourth-order valence-electron chi connectivity index (χ4n) is 8.24. The molecule has 11 nitrogen and oxygen atoms in total. The van der Waals surface area contributed by atoms with Crippen LogP contribution in [-0.4, -0.2) is 92.9 Å². The number of hydrogen-bond donors (Lipinski definition) is 0. The topological polar surface area (TPSA) is 95.8 Å². The fourth-order valence-corrected chi connectivity index (χ4v) is 8.24. The van der Waals surface area contributed by atoms with Gasteiger partial charge in [0.15, 0.2) is 5.82 Å². The molecule has 0 aliphatic carbocycles. The summed E-state index contributed by atoms with van der Waals surface area (Å²) in [6, 6.07) is 13.7. The van der Waals surface area contributed by atoms with Crippen molar-refractivity contribution in [2.45, 2.75) is 70.6 Å². The average molecular weight is 622 g/mol. The third-order valence-electron chi connectivity index (χ3n) is 10.8. The summed E-state index contributed by atoms with van der Waals surface area (Å²) in [5.41, 5.74) is 4.89. The number of carbonyl (C=O) groups excluding carboxylic acids is 1. The molecule has 2 aromatic carbocycles. The number of amides is 1. The maximum atomic E-state index is 12.7. The number of hydrogen-bond acceptors (Lipinski definition) is 9. The lowest BCUT2D eigenvalue weighted by Gasteiger charge is -2.34. The van der Waals surface area contributed by atoms with Crippen LogP contribution in [0.4, 0.5) is 11.5 Å². The van der Waals surface area contributed by atoms with Crippen molar-refractivity contribution < 1.29 is 9.53 Å². The zero-order chi connectivity index (χ0) is 31.4. The molecule has 8 rings (SSSR count). The second kappa shape index (κ2) is 11.5. The summed E-state index contributed by atoms with van der Waals surface area (Å²) in [6.45, 7) is 8.52. The second-order valence-corrected chi connectivity index (χ2v) is 13.5. The molecule has 0 atom stereocenters. The van der Waals surface area contributed by atoms with Gasteiger partial charge in [-0.3, -0.25) is 9.69 Å². The SMILES string of the molecule is CCc1cccc2cccc(N3CCc4c(nc(OCC56CCCN5CCC6)nc4N(C)Cc4nnc5n4CCN(C)C5=O)C3)c12. The van der Waals surface area contributed by atoms with Crippen LogP contribution in [0.5, 0.6) is 6.01 Å². The molecule has 1 amide bonds. The first-order valence-electron chi connectivity index (χ1n) is 16.9.